The molecule has 0 heterocycles. The van der Waals surface area contributed by atoms with E-state index in [-0.39, 0.29) is 16.2 Å². The average Bonchev–Trinajstić information content (AvgIpc) is 2.90. The highest BCUT2D eigenvalue weighted by Gasteiger charge is 2.55. The first-order valence-corrected chi connectivity index (χ1v) is 9.69. The number of aliphatic hydroxyl groups is 2. The van der Waals surface area contributed by atoms with E-state index in [9.17, 15) is 10.2 Å². The molecule has 0 radical (unpaired) electrons. The molecule has 0 bridgehead atoms. The minimum atomic E-state index is -0.492. The second-order valence-electron chi connectivity index (χ2n) is 8.82. The Morgan fingerprint density at radius 2 is 1.96 bits per heavy atom. The Morgan fingerprint density at radius 1 is 1.17 bits per heavy atom. The van der Waals surface area contributed by atoms with E-state index in [4.69, 9.17) is 11.6 Å². The molecule has 0 aromatic heterocycles. The summed E-state index contributed by atoms with van der Waals surface area (Å²) in [6, 6.07) is 0. The average molecular weight is 337 g/mol. The van der Waals surface area contributed by atoms with Crippen molar-refractivity contribution in [1.82, 2.24) is 0 Å². The van der Waals surface area contributed by atoms with Crippen LogP contribution in [0.2, 0.25) is 0 Å². The van der Waals surface area contributed by atoms with Gasteiger partial charge in [-0.1, -0.05) is 37.1 Å². The molecule has 1 saturated carbocycles. The van der Waals surface area contributed by atoms with Crippen molar-refractivity contribution in [1.29, 1.82) is 0 Å². The fraction of sp³-hybridized carbons (Fsp3) is 0.800. The SMILES string of the molecule is C[C@]1(CO)CCC2=C1CC[C@H]1[C@H]2CC[C@@H]2C(Cl)[C@H](O)C=C[C@@]21C. The van der Waals surface area contributed by atoms with Crippen LogP contribution < -0.4 is 0 Å². The number of hydrogen-bond acceptors (Lipinski definition) is 2. The first kappa shape index (κ1) is 16.2. The molecule has 2 nitrogen and oxygen atoms in total. The summed E-state index contributed by atoms with van der Waals surface area (Å²) in [5.41, 5.74) is 3.39. The van der Waals surface area contributed by atoms with Crippen LogP contribution in [0.25, 0.3) is 0 Å². The summed E-state index contributed by atoms with van der Waals surface area (Å²) >= 11 is 6.59. The molecule has 23 heavy (non-hydrogen) atoms. The van der Waals surface area contributed by atoms with Gasteiger partial charge in [0.25, 0.3) is 0 Å². The third-order valence-corrected chi connectivity index (χ3v) is 8.36. The molecule has 4 rings (SSSR count). The Kier molecular flexibility index (Phi) is 3.76. The van der Waals surface area contributed by atoms with E-state index in [1.807, 2.05) is 6.08 Å². The Hall–Kier alpha value is -0.310. The van der Waals surface area contributed by atoms with Crippen LogP contribution in [0.5, 0.6) is 0 Å². The molecule has 0 aliphatic heterocycles. The highest BCUT2D eigenvalue weighted by Crippen LogP contribution is 2.62. The van der Waals surface area contributed by atoms with Crippen LogP contribution in [0.4, 0.5) is 0 Å². The fourth-order valence-electron chi connectivity index (χ4n) is 6.35. The van der Waals surface area contributed by atoms with Gasteiger partial charge in [0, 0.05) is 5.41 Å². The van der Waals surface area contributed by atoms with E-state index in [2.05, 4.69) is 19.9 Å². The number of hydrogen-bond donors (Lipinski definition) is 2. The van der Waals surface area contributed by atoms with E-state index in [0.29, 0.717) is 24.4 Å². The highest BCUT2D eigenvalue weighted by molar-refractivity contribution is 6.21. The zero-order valence-electron chi connectivity index (χ0n) is 14.3. The summed E-state index contributed by atoms with van der Waals surface area (Å²) in [6.07, 6.45) is 10.7. The van der Waals surface area contributed by atoms with Gasteiger partial charge in [-0.2, -0.15) is 0 Å². The zero-order chi connectivity index (χ0) is 16.4. The quantitative estimate of drug-likeness (QED) is 0.560. The number of rotatable bonds is 1. The molecule has 0 saturated heterocycles. The van der Waals surface area contributed by atoms with Gasteiger partial charge in [0.05, 0.1) is 18.1 Å². The maximum absolute atomic E-state index is 10.1. The van der Waals surface area contributed by atoms with Gasteiger partial charge in [-0.05, 0) is 61.7 Å². The van der Waals surface area contributed by atoms with Crippen molar-refractivity contribution in [3.8, 4) is 0 Å². The van der Waals surface area contributed by atoms with Crippen LogP contribution in [-0.4, -0.2) is 28.3 Å². The minimum absolute atomic E-state index is 0.0334. The molecule has 4 aliphatic rings. The topological polar surface area (TPSA) is 40.5 Å². The van der Waals surface area contributed by atoms with Gasteiger partial charge in [0.15, 0.2) is 0 Å². The number of halogens is 1. The van der Waals surface area contributed by atoms with Gasteiger partial charge in [-0.3, -0.25) is 0 Å². The second-order valence-corrected chi connectivity index (χ2v) is 9.32. The smallest absolute Gasteiger partial charge is 0.0887 e. The Balaban J connectivity index is 1.71. The Bertz CT molecular complexity index is 568. The van der Waals surface area contributed by atoms with Crippen molar-refractivity contribution in [2.45, 2.75) is 63.9 Å². The number of fused-ring (bicyclic) bond motifs is 4. The molecule has 0 aromatic carbocycles. The summed E-state index contributed by atoms with van der Waals surface area (Å²) in [5.74, 6) is 1.70. The predicted molar refractivity (Wildman–Crippen MR) is 93.3 cm³/mol. The van der Waals surface area contributed by atoms with Crippen molar-refractivity contribution in [3.05, 3.63) is 23.3 Å². The lowest BCUT2D eigenvalue weighted by Gasteiger charge is -2.56. The van der Waals surface area contributed by atoms with Gasteiger partial charge < -0.3 is 10.2 Å². The number of alkyl halides is 1. The molecule has 0 spiro atoms. The van der Waals surface area contributed by atoms with E-state index in [1.165, 1.54) is 19.3 Å². The molecular formula is C20H29ClO2. The molecule has 128 valence electrons. The summed E-state index contributed by atoms with van der Waals surface area (Å²) in [5, 5.41) is 19.8. The molecule has 0 aromatic rings. The number of aliphatic hydroxyl groups excluding tert-OH is 2. The fourth-order valence-corrected chi connectivity index (χ4v) is 6.84. The summed E-state index contributed by atoms with van der Waals surface area (Å²) < 4.78 is 0. The Morgan fingerprint density at radius 3 is 2.70 bits per heavy atom. The van der Waals surface area contributed by atoms with Gasteiger partial charge in [0.1, 0.15) is 0 Å². The van der Waals surface area contributed by atoms with Crippen LogP contribution in [0.3, 0.4) is 0 Å². The molecule has 1 fully saturated rings. The lowest BCUT2D eigenvalue weighted by atomic mass is 9.50. The summed E-state index contributed by atoms with van der Waals surface area (Å²) in [6.45, 7) is 4.91. The van der Waals surface area contributed by atoms with E-state index < -0.39 is 6.10 Å². The molecule has 3 heteroatoms. The molecule has 1 unspecified atom stereocenters. The highest BCUT2D eigenvalue weighted by atomic mass is 35.5. The molecule has 4 aliphatic carbocycles. The van der Waals surface area contributed by atoms with Crippen LogP contribution in [0, 0.1) is 28.6 Å². The lowest BCUT2D eigenvalue weighted by molar-refractivity contribution is 0.00762. The van der Waals surface area contributed by atoms with E-state index in [0.717, 1.165) is 19.3 Å². The zero-order valence-corrected chi connectivity index (χ0v) is 15.0. The third kappa shape index (κ3) is 2.14. The molecule has 0 amide bonds. The standard InChI is InChI=1S/C20H29ClO2/c1-19(11-22)9-7-13-12-3-4-16-18(21)17(23)8-10-20(16,2)15(12)6-5-14(13)19/h8,10,12,15-18,22-23H,3-7,9,11H2,1-2H3/t12-,15-,16+,17+,18?,19+,20+/m0/s1. The normalized spacial score (nSPS) is 52.1. The van der Waals surface area contributed by atoms with E-state index in [1.54, 1.807) is 11.1 Å². The van der Waals surface area contributed by atoms with Gasteiger partial charge in [-0.15, -0.1) is 11.6 Å². The monoisotopic (exact) mass is 336 g/mol. The van der Waals surface area contributed by atoms with Crippen LogP contribution in [0.1, 0.15) is 52.4 Å². The first-order valence-electron chi connectivity index (χ1n) is 9.25. The maximum Gasteiger partial charge on any atom is 0.0887 e. The van der Waals surface area contributed by atoms with Crippen molar-refractivity contribution < 1.29 is 10.2 Å². The van der Waals surface area contributed by atoms with Crippen LogP contribution >= 0.6 is 11.6 Å². The summed E-state index contributed by atoms with van der Waals surface area (Å²) in [4.78, 5) is 0. The molecular weight excluding hydrogens is 308 g/mol. The summed E-state index contributed by atoms with van der Waals surface area (Å²) in [7, 11) is 0. The van der Waals surface area contributed by atoms with Crippen LogP contribution in [-0.2, 0) is 0 Å². The van der Waals surface area contributed by atoms with Crippen LogP contribution in [0.15, 0.2) is 23.3 Å². The van der Waals surface area contributed by atoms with Crippen molar-refractivity contribution >= 4 is 11.6 Å². The van der Waals surface area contributed by atoms with Crippen molar-refractivity contribution in [2.24, 2.45) is 28.6 Å². The molecule has 7 atom stereocenters. The van der Waals surface area contributed by atoms with Gasteiger partial charge in [0.2, 0.25) is 0 Å². The van der Waals surface area contributed by atoms with Crippen molar-refractivity contribution in [2.75, 3.05) is 6.61 Å². The lowest BCUT2D eigenvalue weighted by Crippen LogP contribution is -2.51. The van der Waals surface area contributed by atoms with E-state index >= 15 is 0 Å². The van der Waals surface area contributed by atoms with Gasteiger partial charge in [-0.25, -0.2) is 0 Å². The largest absolute Gasteiger partial charge is 0.395 e. The predicted octanol–water partition coefficient (Wildman–Crippen LogP) is 4.06. The number of allylic oxidation sites excluding steroid dienone is 2. The van der Waals surface area contributed by atoms with Gasteiger partial charge >= 0.3 is 0 Å². The first-order chi connectivity index (χ1) is 10.9. The Labute approximate surface area is 144 Å². The second kappa shape index (κ2) is 5.34. The molecule has 2 N–H and O–H groups in total. The third-order valence-electron chi connectivity index (χ3n) is 7.80. The minimum Gasteiger partial charge on any atom is -0.395 e. The van der Waals surface area contributed by atoms with Crippen molar-refractivity contribution in [3.63, 3.8) is 0 Å². The maximum atomic E-state index is 10.1.